The lowest BCUT2D eigenvalue weighted by Crippen LogP contribution is -2.36. The van der Waals surface area contributed by atoms with E-state index in [9.17, 15) is 18.0 Å². The molecule has 0 spiro atoms. The zero-order valence-corrected chi connectivity index (χ0v) is 19.8. The van der Waals surface area contributed by atoms with E-state index in [1.165, 1.54) is 6.20 Å². The maximum Gasteiger partial charge on any atom is 0.410 e. The number of hydrogen-bond donors (Lipinski definition) is 3. The Morgan fingerprint density at radius 3 is 2.27 bits per heavy atom. The van der Waals surface area contributed by atoms with Gasteiger partial charge in [-0.1, -0.05) is 72.8 Å². The fourth-order valence-electron chi connectivity index (χ4n) is 4.76. The third kappa shape index (κ3) is 5.16. The number of nitrogen functional groups attached to an aromatic ring is 1. The van der Waals surface area contributed by atoms with Gasteiger partial charge in [0.1, 0.15) is 11.4 Å². The number of aromatic nitrogens is 2. The molecule has 4 aromatic rings. The first-order valence-electron chi connectivity index (χ1n) is 12.0. The average molecular weight is 506 g/mol. The summed E-state index contributed by atoms with van der Waals surface area (Å²) in [5, 5.41) is 10.0. The molecule has 9 heteroatoms. The van der Waals surface area contributed by atoms with Crippen molar-refractivity contribution in [3.8, 4) is 0 Å². The fourth-order valence-corrected chi connectivity index (χ4v) is 4.76. The highest BCUT2D eigenvalue weighted by Gasteiger charge is 2.47. The predicted octanol–water partition coefficient (Wildman–Crippen LogP) is 5.69. The summed E-state index contributed by atoms with van der Waals surface area (Å²) in [5.74, 6) is -0.617. The molecule has 37 heavy (non-hydrogen) atoms. The van der Waals surface area contributed by atoms with Crippen LogP contribution in [-0.4, -0.2) is 28.4 Å². The molecule has 6 nitrogen and oxygen atoms in total. The molecule has 0 saturated heterocycles. The van der Waals surface area contributed by atoms with Crippen molar-refractivity contribution in [2.45, 2.75) is 30.6 Å². The van der Waals surface area contributed by atoms with Crippen molar-refractivity contribution in [1.29, 1.82) is 0 Å². The minimum atomic E-state index is -4.52. The lowest BCUT2D eigenvalue weighted by molar-refractivity contribution is -0.173. The van der Waals surface area contributed by atoms with Gasteiger partial charge in [0.2, 0.25) is 0 Å². The standard InChI is InChI=1S/C28H26F3N5O/c29-28(30,31)25-15-24(20-9-5-2-6-10-20)35-26-23(17-34-36(25)26)27(37)33-16-22(18-7-3-1-4-8-18)19-11-13-21(32)14-12-19/h1-14,17,22,24-25,35H,15-16,32H2,(H,33,37). The summed E-state index contributed by atoms with van der Waals surface area (Å²) < 4.78 is 42.8. The molecule has 0 saturated carbocycles. The van der Waals surface area contributed by atoms with Crippen LogP contribution in [0.4, 0.5) is 24.7 Å². The molecule has 0 fully saturated rings. The van der Waals surface area contributed by atoms with E-state index in [0.29, 0.717) is 11.3 Å². The molecule has 3 aromatic carbocycles. The SMILES string of the molecule is Nc1ccc(C(CNC(=O)c2cnn3c2NC(c2ccccc2)CC3C(F)(F)F)c2ccccc2)cc1. The van der Waals surface area contributed by atoms with Crippen LogP contribution in [0.2, 0.25) is 0 Å². The molecule has 5 rings (SSSR count). The van der Waals surface area contributed by atoms with Gasteiger partial charge >= 0.3 is 6.18 Å². The molecule has 1 aromatic heterocycles. The highest BCUT2D eigenvalue weighted by Crippen LogP contribution is 2.44. The number of halogens is 3. The summed E-state index contributed by atoms with van der Waals surface area (Å²) in [6, 6.07) is 23.5. The van der Waals surface area contributed by atoms with Crippen LogP contribution in [0.15, 0.2) is 91.1 Å². The van der Waals surface area contributed by atoms with Gasteiger partial charge in [0, 0.05) is 24.6 Å². The van der Waals surface area contributed by atoms with Gasteiger partial charge in [-0.05, 0) is 28.8 Å². The first-order chi connectivity index (χ1) is 17.8. The van der Waals surface area contributed by atoms with Crippen molar-refractivity contribution in [1.82, 2.24) is 15.1 Å². The second-order valence-electron chi connectivity index (χ2n) is 9.09. The second-order valence-corrected chi connectivity index (χ2v) is 9.09. The zero-order chi connectivity index (χ0) is 26.0. The van der Waals surface area contributed by atoms with Crippen molar-refractivity contribution < 1.29 is 18.0 Å². The number of anilines is 2. The van der Waals surface area contributed by atoms with Crippen LogP contribution in [0.5, 0.6) is 0 Å². The fraction of sp³-hybridized carbons (Fsp3) is 0.214. The quantitative estimate of drug-likeness (QED) is 0.294. The molecule has 0 radical (unpaired) electrons. The number of hydrogen-bond acceptors (Lipinski definition) is 4. The van der Waals surface area contributed by atoms with Crippen LogP contribution in [-0.2, 0) is 0 Å². The Hall–Kier alpha value is -4.27. The van der Waals surface area contributed by atoms with Crippen molar-refractivity contribution >= 4 is 17.4 Å². The first kappa shape index (κ1) is 24.4. The summed E-state index contributed by atoms with van der Waals surface area (Å²) in [6.45, 7) is 0.238. The number of nitrogens with two attached hydrogens (primary N) is 1. The van der Waals surface area contributed by atoms with E-state index in [0.717, 1.165) is 15.8 Å². The van der Waals surface area contributed by atoms with Crippen LogP contribution in [0.3, 0.4) is 0 Å². The van der Waals surface area contributed by atoms with Gasteiger partial charge in [0.25, 0.3) is 5.91 Å². The summed E-state index contributed by atoms with van der Waals surface area (Å²) in [7, 11) is 0. The van der Waals surface area contributed by atoms with E-state index < -0.39 is 24.2 Å². The van der Waals surface area contributed by atoms with E-state index in [1.807, 2.05) is 42.5 Å². The van der Waals surface area contributed by atoms with Crippen LogP contribution < -0.4 is 16.4 Å². The molecule has 0 aliphatic carbocycles. The predicted molar refractivity (Wildman–Crippen MR) is 136 cm³/mol. The van der Waals surface area contributed by atoms with Crippen molar-refractivity contribution in [2.24, 2.45) is 0 Å². The third-order valence-electron chi connectivity index (χ3n) is 6.69. The molecule has 1 aliphatic heterocycles. The van der Waals surface area contributed by atoms with Crippen molar-refractivity contribution in [3.05, 3.63) is 113 Å². The first-order valence-corrected chi connectivity index (χ1v) is 12.0. The van der Waals surface area contributed by atoms with Crippen molar-refractivity contribution in [3.63, 3.8) is 0 Å². The Morgan fingerprint density at radius 1 is 1.00 bits per heavy atom. The Morgan fingerprint density at radius 2 is 1.62 bits per heavy atom. The Balaban J connectivity index is 1.42. The second kappa shape index (κ2) is 10.0. The van der Waals surface area contributed by atoms with E-state index in [2.05, 4.69) is 15.7 Å². The molecule has 190 valence electrons. The van der Waals surface area contributed by atoms with Gasteiger partial charge in [0.05, 0.1) is 12.2 Å². The summed E-state index contributed by atoms with van der Waals surface area (Å²) >= 11 is 0. The maximum atomic E-state index is 14.0. The molecule has 4 N–H and O–H groups in total. The van der Waals surface area contributed by atoms with E-state index in [1.54, 1.807) is 42.5 Å². The highest BCUT2D eigenvalue weighted by atomic mass is 19.4. The average Bonchev–Trinajstić information content (AvgIpc) is 3.34. The number of nitrogens with one attached hydrogen (secondary N) is 2. The molecule has 0 bridgehead atoms. The van der Waals surface area contributed by atoms with E-state index in [-0.39, 0.29) is 30.3 Å². The number of nitrogens with zero attached hydrogens (tertiary/aromatic N) is 2. The van der Waals surface area contributed by atoms with Crippen LogP contribution in [0.1, 0.15) is 51.5 Å². The minimum Gasteiger partial charge on any atom is -0.399 e. The molecular weight excluding hydrogens is 479 g/mol. The lowest BCUT2D eigenvalue weighted by atomic mass is 9.91. The van der Waals surface area contributed by atoms with Gasteiger partial charge < -0.3 is 16.4 Å². The topological polar surface area (TPSA) is 85.0 Å². The number of carbonyl (C=O) groups is 1. The largest absolute Gasteiger partial charge is 0.410 e. The smallest absolute Gasteiger partial charge is 0.399 e. The van der Waals surface area contributed by atoms with Crippen molar-refractivity contribution in [2.75, 3.05) is 17.6 Å². The maximum absolute atomic E-state index is 14.0. The Bertz CT molecular complexity index is 1350. The summed E-state index contributed by atoms with van der Waals surface area (Å²) in [6.07, 6.45) is -3.54. The van der Waals surface area contributed by atoms with Crippen LogP contribution in [0, 0.1) is 0 Å². The van der Waals surface area contributed by atoms with Gasteiger partial charge in [-0.2, -0.15) is 18.3 Å². The van der Waals surface area contributed by atoms with E-state index >= 15 is 0 Å². The number of amides is 1. The number of fused-ring (bicyclic) bond motifs is 1. The number of benzene rings is 3. The minimum absolute atomic E-state index is 0.0590. The number of carbonyl (C=O) groups excluding carboxylic acids is 1. The highest BCUT2D eigenvalue weighted by molar-refractivity contribution is 5.99. The van der Waals surface area contributed by atoms with Crippen LogP contribution >= 0.6 is 0 Å². The van der Waals surface area contributed by atoms with E-state index in [4.69, 9.17) is 5.73 Å². The van der Waals surface area contributed by atoms with Crippen LogP contribution in [0.25, 0.3) is 0 Å². The third-order valence-corrected chi connectivity index (χ3v) is 6.69. The zero-order valence-electron chi connectivity index (χ0n) is 19.8. The normalized spacial score (nSPS) is 17.9. The molecule has 1 aliphatic rings. The van der Waals surface area contributed by atoms with Gasteiger partial charge in [0.15, 0.2) is 6.04 Å². The Labute approximate surface area is 212 Å². The number of alkyl halides is 3. The molecule has 2 heterocycles. The molecular formula is C28H26F3N5O. The monoisotopic (exact) mass is 505 g/mol. The summed E-state index contributed by atoms with van der Waals surface area (Å²) in [5.41, 5.74) is 9.20. The lowest BCUT2D eigenvalue weighted by Gasteiger charge is -2.34. The summed E-state index contributed by atoms with van der Waals surface area (Å²) in [4.78, 5) is 13.3. The number of rotatable bonds is 6. The molecule has 3 atom stereocenters. The molecule has 3 unspecified atom stereocenters. The molecule has 1 amide bonds. The Kier molecular flexibility index (Phi) is 6.60. The van der Waals surface area contributed by atoms with Gasteiger partial charge in [-0.15, -0.1) is 0 Å². The van der Waals surface area contributed by atoms with Gasteiger partial charge in [-0.25, -0.2) is 4.68 Å². The van der Waals surface area contributed by atoms with Gasteiger partial charge in [-0.3, -0.25) is 4.79 Å².